The molecule has 0 unspecified atom stereocenters. The van der Waals surface area contributed by atoms with Crippen molar-refractivity contribution >= 4 is 22.9 Å². The standard InChI is InChI=1S/C21H17F3N4OS/c1-13-4-2-7-18-26-17(11-28(13)18)10-25-19(29)9-16-12-30-20(27-16)14-5-3-6-15(8-14)21(22,23)24/h2-8,11-12H,9-10H2,1H3,(H,25,29). The van der Waals surface area contributed by atoms with E-state index in [1.807, 2.05) is 35.7 Å². The Morgan fingerprint density at radius 3 is 2.70 bits per heavy atom. The zero-order valence-electron chi connectivity index (χ0n) is 15.9. The Kier molecular flexibility index (Phi) is 5.29. The van der Waals surface area contributed by atoms with Gasteiger partial charge in [0.15, 0.2) is 0 Å². The number of carbonyl (C=O) groups is 1. The van der Waals surface area contributed by atoms with Gasteiger partial charge in [-0.2, -0.15) is 13.2 Å². The van der Waals surface area contributed by atoms with Crippen LogP contribution in [0.15, 0.2) is 54.0 Å². The zero-order valence-corrected chi connectivity index (χ0v) is 16.7. The lowest BCUT2D eigenvalue weighted by molar-refractivity contribution is -0.137. The third kappa shape index (κ3) is 4.35. The van der Waals surface area contributed by atoms with E-state index in [9.17, 15) is 18.0 Å². The summed E-state index contributed by atoms with van der Waals surface area (Å²) in [6.07, 6.45) is -2.49. The van der Waals surface area contributed by atoms with Crippen LogP contribution in [0.3, 0.4) is 0 Å². The summed E-state index contributed by atoms with van der Waals surface area (Å²) < 4.78 is 40.6. The predicted octanol–water partition coefficient (Wildman–Crippen LogP) is 4.64. The SMILES string of the molecule is Cc1cccc2nc(CNC(=O)Cc3csc(-c4cccc(C(F)(F)F)c4)n3)cn12. The van der Waals surface area contributed by atoms with E-state index in [0.29, 0.717) is 16.3 Å². The van der Waals surface area contributed by atoms with E-state index >= 15 is 0 Å². The molecule has 1 amide bonds. The van der Waals surface area contributed by atoms with Gasteiger partial charge in [0.25, 0.3) is 0 Å². The van der Waals surface area contributed by atoms with E-state index in [-0.39, 0.29) is 18.9 Å². The minimum Gasteiger partial charge on any atom is -0.350 e. The average molecular weight is 430 g/mol. The van der Waals surface area contributed by atoms with Crippen molar-refractivity contribution in [1.29, 1.82) is 0 Å². The van der Waals surface area contributed by atoms with E-state index in [2.05, 4.69) is 15.3 Å². The van der Waals surface area contributed by atoms with Crippen LogP contribution in [-0.2, 0) is 23.9 Å². The summed E-state index contributed by atoms with van der Waals surface area (Å²) in [6, 6.07) is 10.8. The van der Waals surface area contributed by atoms with Gasteiger partial charge < -0.3 is 9.72 Å². The fraction of sp³-hybridized carbons (Fsp3) is 0.190. The predicted molar refractivity (Wildman–Crippen MR) is 108 cm³/mol. The highest BCUT2D eigenvalue weighted by Crippen LogP contribution is 2.33. The number of aromatic nitrogens is 3. The van der Waals surface area contributed by atoms with Crippen LogP contribution >= 0.6 is 11.3 Å². The number of nitrogens with one attached hydrogen (secondary N) is 1. The van der Waals surface area contributed by atoms with Gasteiger partial charge in [-0.1, -0.05) is 18.2 Å². The second-order valence-corrected chi connectivity index (χ2v) is 7.66. The Balaban J connectivity index is 1.40. The molecule has 0 fully saturated rings. The molecular formula is C21H17F3N4OS. The van der Waals surface area contributed by atoms with Gasteiger partial charge in [-0.15, -0.1) is 11.3 Å². The first-order valence-corrected chi connectivity index (χ1v) is 10.00. The number of carbonyl (C=O) groups excluding carboxylic acids is 1. The first-order valence-electron chi connectivity index (χ1n) is 9.12. The van der Waals surface area contributed by atoms with Gasteiger partial charge in [-0.05, 0) is 31.2 Å². The Hall–Kier alpha value is -3.20. The van der Waals surface area contributed by atoms with Crippen molar-refractivity contribution in [2.75, 3.05) is 0 Å². The molecule has 3 heterocycles. The number of benzene rings is 1. The van der Waals surface area contributed by atoms with E-state index < -0.39 is 11.7 Å². The van der Waals surface area contributed by atoms with Crippen LogP contribution in [0.5, 0.6) is 0 Å². The number of hydrogen-bond donors (Lipinski definition) is 1. The van der Waals surface area contributed by atoms with Crippen LogP contribution in [0.2, 0.25) is 0 Å². The Bertz CT molecular complexity index is 1210. The molecule has 4 aromatic rings. The van der Waals surface area contributed by atoms with Crippen LogP contribution in [0.4, 0.5) is 13.2 Å². The number of hydrogen-bond acceptors (Lipinski definition) is 4. The maximum Gasteiger partial charge on any atom is 0.416 e. The number of imidazole rings is 1. The third-order valence-corrected chi connectivity index (χ3v) is 5.48. The highest BCUT2D eigenvalue weighted by atomic mass is 32.1. The van der Waals surface area contributed by atoms with Crippen LogP contribution in [0.1, 0.15) is 22.6 Å². The summed E-state index contributed by atoms with van der Waals surface area (Å²) in [4.78, 5) is 21.1. The van der Waals surface area contributed by atoms with E-state index in [1.54, 1.807) is 11.4 Å². The normalized spacial score (nSPS) is 11.7. The lowest BCUT2D eigenvalue weighted by atomic mass is 10.1. The Morgan fingerprint density at radius 2 is 1.93 bits per heavy atom. The van der Waals surface area contributed by atoms with Crippen LogP contribution in [0, 0.1) is 6.92 Å². The number of rotatable bonds is 5. The Labute approximate surface area is 174 Å². The molecule has 30 heavy (non-hydrogen) atoms. The number of fused-ring (bicyclic) bond motifs is 1. The molecule has 154 valence electrons. The largest absolute Gasteiger partial charge is 0.416 e. The van der Waals surface area contributed by atoms with Gasteiger partial charge in [-0.3, -0.25) is 4.79 Å². The molecule has 5 nitrogen and oxygen atoms in total. The second kappa shape index (κ2) is 7.91. The van der Waals surface area contributed by atoms with Crippen molar-refractivity contribution in [3.63, 3.8) is 0 Å². The van der Waals surface area contributed by atoms with Crippen LogP contribution < -0.4 is 5.32 Å². The maximum absolute atomic E-state index is 12.9. The lowest BCUT2D eigenvalue weighted by Crippen LogP contribution is -2.24. The summed E-state index contributed by atoms with van der Waals surface area (Å²) in [6.45, 7) is 2.26. The third-order valence-electron chi connectivity index (χ3n) is 4.54. The molecule has 0 saturated carbocycles. The highest BCUT2D eigenvalue weighted by Gasteiger charge is 2.30. The van der Waals surface area contributed by atoms with Gasteiger partial charge in [-0.25, -0.2) is 9.97 Å². The minimum absolute atomic E-state index is 0.0435. The van der Waals surface area contributed by atoms with E-state index in [0.717, 1.165) is 29.2 Å². The number of halogens is 3. The molecule has 0 aliphatic rings. The summed E-state index contributed by atoms with van der Waals surface area (Å²) in [5.74, 6) is -0.232. The molecule has 0 atom stereocenters. The van der Waals surface area contributed by atoms with E-state index in [4.69, 9.17) is 0 Å². The van der Waals surface area contributed by atoms with E-state index in [1.165, 1.54) is 17.4 Å². The summed E-state index contributed by atoms with van der Waals surface area (Å²) in [5.41, 5.74) is 2.75. The molecular weight excluding hydrogens is 413 g/mol. The van der Waals surface area contributed by atoms with Crippen molar-refractivity contribution in [3.05, 3.63) is 76.7 Å². The van der Waals surface area contributed by atoms with Crippen LogP contribution in [-0.4, -0.2) is 20.3 Å². The quantitative estimate of drug-likeness (QED) is 0.502. The average Bonchev–Trinajstić information content (AvgIpc) is 3.33. The van der Waals surface area contributed by atoms with Gasteiger partial charge in [0.2, 0.25) is 5.91 Å². The van der Waals surface area contributed by atoms with Gasteiger partial charge in [0, 0.05) is 22.8 Å². The molecule has 0 aliphatic heterocycles. The number of alkyl halides is 3. The summed E-state index contributed by atoms with van der Waals surface area (Å²) >= 11 is 1.21. The highest BCUT2D eigenvalue weighted by molar-refractivity contribution is 7.13. The second-order valence-electron chi connectivity index (χ2n) is 6.80. The summed E-state index contributed by atoms with van der Waals surface area (Å²) in [7, 11) is 0. The molecule has 1 N–H and O–H groups in total. The number of amides is 1. The molecule has 3 aromatic heterocycles. The zero-order chi connectivity index (χ0) is 21.3. The first kappa shape index (κ1) is 20.1. The molecule has 9 heteroatoms. The molecule has 0 radical (unpaired) electrons. The number of nitrogens with zero attached hydrogens (tertiary/aromatic N) is 3. The van der Waals surface area contributed by atoms with Gasteiger partial charge in [0.05, 0.1) is 29.9 Å². The van der Waals surface area contributed by atoms with Gasteiger partial charge >= 0.3 is 6.18 Å². The number of aryl methyl sites for hydroxylation is 1. The summed E-state index contributed by atoms with van der Waals surface area (Å²) in [5, 5.41) is 4.94. The molecule has 4 rings (SSSR count). The van der Waals surface area contributed by atoms with Crippen molar-refractivity contribution in [1.82, 2.24) is 19.7 Å². The van der Waals surface area contributed by atoms with Crippen LogP contribution in [0.25, 0.3) is 16.2 Å². The molecule has 1 aromatic carbocycles. The Morgan fingerprint density at radius 1 is 1.13 bits per heavy atom. The minimum atomic E-state index is -4.41. The number of thiazole rings is 1. The molecule has 0 bridgehead atoms. The fourth-order valence-corrected chi connectivity index (χ4v) is 3.87. The molecule has 0 saturated heterocycles. The van der Waals surface area contributed by atoms with Crippen molar-refractivity contribution in [2.45, 2.75) is 26.1 Å². The monoisotopic (exact) mass is 430 g/mol. The topological polar surface area (TPSA) is 59.3 Å². The smallest absolute Gasteiger partial charge is 0.350 e. The molecule has 0 aliphatic carbocycles. The van der Waals surface area contributed by atoms with Crippen molar-refractivity contribution < 1.29 is 18.0 Å². The first-order chi connectivity index (χ1) is 14.3. The maximum atomic E-state index is 12.9. The van der Waals surface area contributed by atoms with Crippen molar-refractivity contribution in [2.24, 2.45) is 0 Å². The van der Waals surface area contributed by atoms with Crippen molar-refractivity contribution in [3.8, 4) is 10.6 Å². The lowest BCUT2D eigenvalue weighted by Gasteiger charge is -2.07. The molecule has 0 spiro atoms. The fourth-order valence-electron chi connectivity index (χ4n) is 3.05. The number of pyridine rings is 1. The van der Waals surface area contributed by atoms with Gasteiger partial charge in [0.1, 0.15) is 10.7 Å².